The number of hydrogen-bond acceptors (Lipinski definition) is 7. The third kappa shape index (κ3) is 7.00. The van der Waals surface area contributed by atoms with Crippen LogP contribution in [0.15, 0.2) is 66.7 Å². The zero-order valence-corrected chi connectivity index (χ0v) is 21.2. The number of rotatable bonds is 11. The zero-order valence-electron chi connectivity index (χ0n) is 20.4. The average molecular weight is 488 g/mol. The first-order valence-corrected chi connectivity index (χ1v) is 12.0. The third-order valence-electron chi connectivity index (χ3n) is 5.64. The molecule has 2 atom stereocenters. The molecule has 0 spiro atoms. The molecule has 0 saturated heterocycles. The molecule has 6 nitrogen and oxygen atoms in total. The van der Waals surface area contributed by atoms with Crippen molar-refractivity contribution in [3.8, 4) is 23.6 Å². The minimum atomic E-state index is -0.323. The molecule has 3 aromatic rings. The number of methoxy groups -OCH3 is 3. The molecule has 0 aromatic heterocycles. The lowest BCUT2D eigenvalue weighted by Gasteiger charge is -2.30. The van der Waals surface area contributed by atoms with Gasteiger partial charge >= 0.3 is 0 Å². The first-order valence-electron chi connectivity index (χ1n) is 11.2. The Balaban J connectivity index is 1.85. The van der Waals surface area contributed by atoms with E-state index >= 15 is 0 Å². The van der Waals surface area contributed by atoms with E-state index in [1.54, 1.807) is 45.4 Å². The molecule has 0 aliphatic carbocycles. The molecule has 180 valence electrons. The van der Waals surface area contributed by atoms with Crippen molar-refractivity contribution in [2.45, 2.75) is 31.4 Å². The van der Waals surface area contributed by atoms with Gasteiger partial charge < -0.3 is 14.2 Å². The minimum Gasteiger partial charge on any atom is -0.497 e. The SMILES string of the molecule is COc1ccc(CN(Cc2ccc(OC)cc2)SC(C)C(OC)c2ccc(C#N)cc2C#N)cc1. The summed E-state index contributed by atoms with van der Waals surface area (Å²) in [6, 6.07) is 25.6. The van der Waals surface area contributed by atoms with Crippen LogP contribution in [0.1, 0.15) is 40.8 Å². The average Bonchev–Trinajstić information content (AvgIpc) is 2.90. The molecule has 0 aliphatic rings. The van der Waals surface area contributed by atoms with E-state index in [1.165, 1.54) is 0 Å². The Morgan fingerprint density at radius 3 is 1.77 bits per heavy atom. The molecular weight excluding hydrogens is 458 g/mol. The van der Waals surface area contributed by atoms with E-state index in [2.05, 4.69) is 47.6 Å². The second-order valence-corrected chi connectivity index (χ2v) is 9.46. The molecule has 7 heteroatoms. The third-order valence-corrected chi connectivity index (χ3v) is 6.78. The monoisotopic (exact) mass is 487 g/mol. The Labute approximate surface area is 211 Å². The van der Waals surface area contributed by atoms with Gasteiger partial charge in [0.25, 0.3) is 0 Å². The van der Waals surface area contributed by atoms with Gasteiger partial charge in [-0.1, -0.05) is 42.3 Å². The van der Waals surface area contributed by atoms with Crippen LogP contribution in [-0.2, 0) is 17.8 Å². The summed E-state index contributed by atoms with van der Waals surface area (Å²) in [4.78, 5) is 0. The second kappa shape index (κ2) is 12.8. The smallest absolute Gasteiger partial charge is 0.118 e. The largest absolute Gasteiger partial charge is 0.497 e. The Kier molecular flexibility index (Phi) is 9.57. The highest BCUT2D eigenvalue weighted by atomic mass is 32.2. The molecule has 2 unspecified atom stereocenters. The lowest BCUT2D eigenvalue weighted by atomic mass is 9.99. The van der Waals surface area contributed by atoms with Crippen molar-refractivity contribution in [1.29, 1.82) is 10.5 Å². The van der Waals surface area contributed by atoms with Crippen molar-refractivity contribution in [2.75, 3.05) is 21.3 Å². The number of nitriles is 2. The van der Waals surface area contributed by atoms with Gasteiger partial charge in [-0.25, -0.2) is 4.31 Å². The molecule has 3 rings (SSSR count). The van der Waals surface area contributed by atoms with Gasteiger partial charge in [-0.2, -0.15) is 10.5 Å². The topological polar surface area (TPSA) is 78.5 Å². The number of benzene rings is 3. The van der Waals surface area contributed by atoms with Crippen molar-refractivity contribution in [2.24, 2.45) is 0 Å². The van der Waals surface area contributed by atoms with Crippen molar-refractivity contribution in [3.63, 3.8) is 0 Å². The molecule has 0 saturated carbocycles. The quantitative estimate of drug-likeness (QED) is 0.313. The fraction of sp³-hybridized carbons (Fsp3) is 0.286. The van der Waals surface area contributed by atoms with Crippen LogP contribution >= 0.6 is 11.9 Å². The highest BCUT2D eigenvalue weighted by molar-refractivity contribution is 7.97. The summed E-state index contributed by atoms with van der Waals surface area (Å²) in [5.74, 6) is 1.64. The fourth-order valence-electron chi connectivity index (χ4n) is 3.83. The van der Waals surface area contributed by atoms with Crippen LogP contribution < -0.4 is 9.47 Å². The highest BCUT2D eigenvalue weighted by Crippen LogP contribution is 2.35. The Morgan fingerprint density at radius 2 is 1.34 bits per heavy atom. The van der Waals surface area contributed by atoms with E-state index in [0.717, 1.165) is 28.2 Å². The molecule has 3 aromatic carbocycles. The van der Waals surface area contributed by atoms with Crippen LogP contribution in [0.5, 0.6) is 11.5 Å². The van der Waals surface area contributed by atoms with Gasteiger partial charge in [0.05, 0.1) is 43.6 Å². The van der Waals surface area contributed by atoms with Crippen molar-refractivity contribution in [1.82, 2.24) is 4.31 Å². The maximum absolute atomic E-state index is 9.67. The molecule has 0 radical (unpaired) electrons. The number of ether oxygens (including phenoxy) is 3. The molecule has 0 N–H and O–H groups in total. The van der Waals surface area contributed by atoms with E-state index in [-0.39, 0.29) is 11.4 Å². The molecule has 0 heterocycles. The van der Waals surface area contributed by atoms with Crippen molar-refractivity contribution >= 4 is 11.9 Å². The van der Waals surface area contributed by atoms with Gasteiger partial charge in [-0.15, -0.1) is 0 Å². The van der Waals surface area contributed by atoms with Crippen LogP contribution in [-0.4, -0.2) is 30.9 Å². The highest BCUT2D eigenvalue weighted by Gasteiger charge is 2.25. The van der Waals surface area contributed by atoms with Crippen LogP contribution in [0.4, 0.5) is 0 Å². The molecule has 0 fully saturated rings. The number of nitrogens with zero attached hydrogens (tertiary/aromatic N) is 3. The van der Waals surface area contributed by atoms with Crippen LogP contribution in [0.25, 0.3) is 0 Å². The molecule has 35 heavy (non-hydrogen) atoms. The van der Waals surface area contributed by atoms with E-state index in [0.29, 0.717) is 24.2 Å². The summed E-state index contributed by atoms with van der Waals surface area (Å²) in [5.41, 5.74) is 4.01. The molecule has 0 aliphatic heterocycles. The predicted molar refractivity (Wildman–Crippen MR) is 138 cm³/mol. The van der Waals surface area contributed by atoms with E-state index in [9.17, 15) is 10.5 Å². The summed E-state index contributed by atoms with van der Waals surface area (Å²) in [7, 11) is 4.97. The van der Waals surface area contributed by atoms with Gasteiger partial charge in [0, 0.05) is 25.4 Å². The van der Waals surface area contributed by atoms with Gasteiger partial charge in [0.2, 0.25) is 0 Å². The normalized spacial score (nSPS) is 12.4. The summed E-state index contributed by atoms with van der Waals surface area (Å²) in [6.07, 6.45) is -0.323. The van der Waals surface area contributed by atoms with Gasteiger partial charge in [0.1, 0.15) is 11.5 Å². The second-order valence-electron chi connectivity index (χ2n) is 7.99. The Bertz CT molecular complexity index is 1130. The lowest BCUT2D eigenvalue weighted by Crippen LogP contribution is -2.23. The van der Waals surface area contributed by atoms with Crippen LogP contribution in [0.2, 0.25) is 0 Å². The van der Waals surface area contributed by atoms with Gasteiger partial charge in [0.15, 0.2) is 0 Å². The summed E-state index contributed by atoms with van der Waals surface area (Å²) in [5, 5.41) is 18.9. The van der Waals surface area contributed by atoms with E-state index in [1.807, 2.05) is 30.3 Å². The molecule has 0 bridgehead atoms. The molecular formula is C28H29N3O3S. The lowest BCUT2D eigenvalue weighted by molar-refractivity contribution is 0.103. The summed E-state index contributed by atoms with van der Waals surface area (Å²) >= 11 is 1.68. The van der Waals surface area contributed by atoms with Crippen molar-refractivity contribution < 1.29 is 14.2 Å². The van der Waals surface area contributed by atoms with Crippen LogP contribution in [0.3, 0.4) is 0 Å². The van der Waals surface area contributed by atoms with E-state index < -0.39 is 0 Å². The standard InChI is InChI=1S/C28H29N3O3S/c1-20(28(34-4)27-14-9-23(16-29)15-24(27)17-30)35-31(18-21-5-10-25(32-2)11-6-21)19-22-7-12-26(33-3)13-8-22/h5-15,20,28H,18-19H2,1-4H3. The maximum atomic E-state index is 9.67. The van der Waals surface area contributed by atoms with Gasteiger partial charge in [-0.05, 0) is 60.0 Å². The van der Waals surface area contributed by atoms with Crippen LogP contribution in [0, 0.1) is 22.7 Å². The first kappa shape index (κ1) is 26.1. The Morgan fingerprint density at radius 1 is 0.800 bits per heavy atom. The number of hydrogen-bond donors (Lipinski definition) is 0. The summed E-state index contributed by atoms with van der Waals surface area (Å²) < 4.78 is 18.7. The van der Waals surface area contributed by atoms with Gasteiger partial charge in [-0.3, -0.25) is 0 Å². The zero-order chi connectivity index (χ0) is 25.2. The van der Waals surface area contributed by atoms with Crippen molar-refractivity contribution in [3.05, 3.63) is 94.5 Å². The first-order chi connectivity index (χ1) is 17.0. The van der Waals surface area contributed by atoms with E-state index in [4.69, 9.17) is 14.2 Å². The fourth-order valence-corrected chi connectivity index (χ4v) is 5.12. The minimum absolute atomic E-state index is 0.00321. The predicted octanol–water partition coefficient (Wildman–Crippen LogP) is 5.87. The molecule has 0 amide bonds. The summed E-state index contributed by atoms with van der Waals surface area (Å²) in [6.45, 7) is 3.51. The Hall–Kier alpha value is -3.49. The maximum Gasteiger partial charge on any atom is 0.118 e.